The summed E-state index contributed by atoms with van der Waals surface area (Å²) in [6.45, 7) is 2.82. The summed E-state index contributed by atoms with van der Waals surface area (Å²) in [6.07, 6.45) is 4.49. The van der Waals surface area contributed by atoms with Crippen LogP contribution in [-0.2, 0) is 5.41 Å². The standard InChI is InChI=1S/C13H19NOS/c1-9-4-5-10(16-3)11(12(9)15-2)13(8-14)6-7-13/h4-5H,6-8,14H2,1-3H3. The molecule has 0 amide bonds. The number of hydrogen-bond acceptors (Lipinski definition) is 3. The minimum atomic E-state index is 0.190. The van der Waals surface area contributed by atoms with Gasteiger partial charge >= 0.3 is 0 Å². The zero-order valence-electron chi connectivity index (χ0n) is 10.2. The Hall–Kier alpha value is -0.670. The highest BCUT2D eigenvalue weighted by molar-refractivity contribution is 7.98. The molecule has 2 nitrogen and oxygen atoms in total. The summed E-state index contributed by atoms with van der Waals surface area (Å²) in [7, 11) is 1.75. The van der Waals surface area contributed by atoms with E-state index in [0.717, 1.165) is 12.3 Å². The van der Waals surface area contributed by atoms with Crippen molar-refractivity contribution in [1.29, 1.82) is 0 Å². The molecule has 2 rings (SSSR count). The number of aryl methyl sites for hydroxylation is 1. The molecule has 1 aliphatic carbocycles. The maximum Gasteiger partial charge on any atom is 0.126 e. The van der Waals surface area contributed by atoms with E-state index in [2.05, 4.69) is 25.3 Å². The van der Waals surface area contributed by atoms with Gasteiger partial charge in [-0.2, -0.15) is 0 Å². The van der Waals surface area contributed by atoms with Gasteiger partial charge in [-0.3, -0.25) is 0 Å². The fourth-order valence-electron chi connectivity index (χ4n) is 2.31. The van der Waals surface area contributed by atoms with Gasteiger partial charge in [0.05, 0.1) is 7.11 Å². The zero-order chi connectivity index (χ0) is 11.8. The van der Waals surface area contributed by atoms with Gasteiger partial charge in [0, 0.05) is 22.4 Å². The minimum absolute atomic E-state index is 0.190. The van der Waals surface area contributed by atoms with Gasteiger partial charge in [-0.15, -0.1) is 11.8 Å². The molecule has 0 unspecified atom stereocenters. The summed E-state index contributed by atoms with van der Waals surface area (Å²) in [5, 5.41) is 0. The van der Waals surface area contributed by atoms with E-state index in [1.165, 1.54) is 28.9 Å². The summed E-state index contributed by atoms with van der Waals surface area (Å²) in [4.78, 5) is 1.31. The van der Waals surface area contributed by atoms with Crippen LogP contribution in [-0.4, -0.2) is 19.9 Å². The Kier molecular flexibility index (Phi) is 3.17. The molecule has 0 saturated heterocycles. The molecule has 0 aromatic heterocycles. The molecule has 2 N–H and O–H groups in total. The van der Waals surface area contributed by atoms with Gasteiger partial charge in [-0.1, -0.05) is 6.07 Å². The van der Waals surface area contributed by atoms with Crippen molar-refractivity contribution >= 4 is 11.8 Å². The molecule has 1 aromatic rings. The van der Waals surface area contributed by atoms with Crippen LogP contribution in [0.4, 0.5) is 0 Å². The molecule has 0 radical (unpaired) electrons. The highest BCUT2D eigenvalue weighted by atomic mass is 32.2. The molecule has 3 heteroatoms. The zero-order valence-corrected chi connectivity index (χ0v) is 11.0. The molecule has 0 atom stereocenters. The molecule has 1 saturated carbocycles. The Morgan fingerprint density at radius 1 is 1.44 bits per heavy atom. The second-order valence-corrected chi connectivity index (χ2v) is 5.33. The van der Waals surface area contributed by atoms with E-state index in [4.69, 9.17) is 10.5 Å². The Balaban J connectivity index is 2.59. The molecule has 0 spiro atoms. The van der Waals surface area contributed by atoms with Crippen molar-refractivity contribution in [1.82, 2.24) is 0 Å². The van der Waals surface area contributed by atoms with Crippen molar-refractivity contribution < 1.29 is 4.74 Å². The normalized spacial score (nSPS) is 17.2. The number of rotatable bonds is 4. The number of hydrogen-bond donors (Lipinski definition) is 1. The van der Waals surface area contributed by atoms with E-state index < -0.39 is 0 Å². The third-order valence-corrected chi connectivity index (χ3v) is 4.30. The Morgan fingerprint density at radius 2 is 2.12 bits per heavy atom. The molecule has 1 fully saturated rings. The summed E-state index contributed by atoms with van der Waals surface area (Å²) in [5.74, 6) is 1.04. The van der Waals surface area contributed by atoms with Crippen LogP contribution in [0.25, 0.3) is 0 Å². The van der Waals surface area contributed by atoms with Crippen molar-refractivity contribution in [3.05, 3.63) is 23.3 Å². The molecule has 88 valence electrons. The SMILES string of the molecule is COc1c(C)ccc(SC)c1C1(CN)CC1. The third-order valence-electron chi connectivity index (χ3n) is 3.51. The van der Waals surface area contributed by atoms with Crippen molar-refractivity contribution in [3.63, 3.8) is 0 Å². The molecular weight excluding hydrogens is 218 g/mol. The fourth-order valence-corrected chi connectivity index (χ4v) is 3.03. The van der Waals surface area contributed by atoms with Gasteiger partial charge in [0.15, 0.2) is 0 Å². The third kappa shape index (κ3) is 1.72. The van der Waals surface area contributed by atoms with E-state index in [1.54, 1.807) is 18.9 Å². The average molecular weight is 237 g/mol. The Bertz CT molecular complexity index is 399. The summed E-state index contributed by atoms with van der Waals surface area (Å²) < 4.78 is 5.58. The monoisotopic (exact) mass is 237 g/mol. The summed E-state index contributed by atoms with van der Waals surface area (Å²) >= 11 is 1.78. The van der Waals surface area contributed by atoms with Gasteiger partial charge in [0.1, 0.15) is 5.75 Å². The van der Waals surface area contributed by atoms with Crippen LogP contribution in [0.3, 0.4) is 0 Å². The van der Waals surface area contributed by atoms with Gasteiger partial charge in [0.2, 0.25) is 0 Å². The first kappa shape index (κ1) is 11.8. The van der Waals surface area contributed by atoms with E-state index in [1.807, 2.05) is 0 Å². The molecule has 1 aromatic carbocycles. The average Bonchev–Trinajstić information content (AvgIpc) is 3.09. The first-order chi connectivity index (χ1) is 7.68. The second kappa shape index (κ2) is 4.30. The van der Waals surface area contributed by atoms with Crippen LogP contribution in [0.5, 0.6) is 5.75 Å². The van der Waals surface area contributed by atoms with Crippen molar-refractivity contribution in [2.24, 2.45) is 5.73 Å². The Labute approximate surface area is 102 Å². The lowest BCUT2D eigenvalue weighted by Crippen LogP contribution is -2.21. The smallest absolute Gasteiger partial charge is 0.126 e. The van der Waals surface area contributed by atoms with E-state index in [9.17, 15) is 0 Å². The van der Waals surface area contributed by atoms with Crippen LogP contribution < -0.4 is 10.5 Å². The van der Waals surface area contributed by atoms with Crippen LogP contribution >= 0.6 is 11.8 Å². The number of ether oxygens (including phenoxy) is 1. The number of methoxy groups -OCH3 is 1. The molecular formula is C13H19NOS. The minimum Gasteiger partial charge on any atom is -0.496 e. The van der Waals surface area contributed by atoms with Crippen LogP contribution in [0.15, 0.2) is 17.0 Å². The van der Waals surface area contributed by atoms with Crippen LogP contribution in [0, 0.1) is 6.92 Å². The number of nitrogens with two attached hydrogens (primary N) is 1. The lowest BCUT2D eigenvalue weighted by Gasteiger charge is -2.21. The van der Waals surface area contributed by atoms with E-state index in [-0.39, 0.29) is 5.41 Å². The van der Waals surface area contributed by atoms with Crippen molar-refractivity contribution in [2.45, 2.75) is 30.1 Å². The van der Waals surface area contributed by atoms with Gasteiger partial charge in [0.25, 0.3) is 0 Å². The highest BCUT2D eigenvalue weighted by Crippen LogP contribution is 2.54. The maximum absolute atomic E-state index is 5.93. The Morgan fingerprint density at radius 3 is 2.56 bits per heavy atom. The van der Waals surface area contributed by atoms with E-state index in [0.29, 0.717) is 0 Å². The van der Waals surface area contributed by atoms with Crippen molar-refractivity contribution in [2.75, 3.05) is 19.9 Å². The molecule has 1 aliphatic rings. The first-order valence-electron chi connectivity index (χ1n) is 5.60. The van der Waals surface area contributed by atoms with Crippen molar-refractivity contribution in [3.8, 4) is 5.75 Å². The second-order valence-electron chi connectivity index (χ2n) is 4.48. The van der Waals surface area contributed by atoms with Gasteiger partial charge in [-0.05, 0) is 37.7 Å². The molecule has 0 aliphatic heterocycles. The highest BCUT2D eigenvalue weighted by Gasteiger charge is 2.46. The number of thioether (sulfide) groups is 1. The van der Waals surface area contributed by atoms with E-state index >= 15 is 0 Å². The summed E-state index contributed by atoms with van der Waals surface area (Å²) in [5.41, 5.74) is 8.67. The molecule has 16 heavy (non-hydrogen) atoms. The van der Waals surface area contributed by atoms with Crippen LogP contribution in [0.2, 0.25) is 0 Å². The summed E-state index contributed by atoms with van der Waals surface area (Å²) in [6, 6.07) is 4.31. The lowest BCUT2D eigenvalue weighted by atomic mass is 9.93. The molecule has 0 heterocycles. The quantitative estimate of drug-likeness (QED) is 0.818. The topological polar surface area (TPSA) is 35.2 Å². The first-order valence-corrected chi connectivity index (χ1v) is 6.83. The number of benzene rings is 1. The maximum atomic E-state index is 5.93. The predicted octanol–water partition coefficient (Wildman–Crippen LogP) is 2.72. The molecule has 0 bridgehead atoms. The lowest BCUT2D eigenvalue weighted by molar-refractivity contribution is 0.398. The predicted molar refractivity (Wildman–Crippen MR) is 69.5 cm³/mol. The fraction of sp³-hybridized carbons (Fsp3) is 0.538. The van der Waals surface area contributed by atoms with Gasteiger partial charge < -0.3 is 10.5 Å². The van der Waals surface area contributed by atoms with Gasteiger partial charge in [-0.25, -0.2) is 0 Å². The largest absolute Gasteiger partial charge is 0.496 e. The van der Waals surface area contributed by atoms with Crippen LogP contribution in [0.1, 0.15) is 24.0 Å².